The van der Waals surface area contributed by atoms with E-state index in [4.69, 9.17) is 15.2 Å². The zero-order chi connectivity index (χ0) is 17.2. The fourth-order valence-electron chi connectivity index (χ4n) is 3.47. The molecule has 1 spiro atoms. The second-order valence-corrected chi connectivity index (χ2v) is 6.94. The number of amides is 1. The summed E-state index contributed by atoms with van der Waals surface area (Å²) in [7, 11) is 0. The Morgan fingerprint density at radius 3 is 2.67 bits per heavy atom. The van der Waals surface area contributed by atoms with Gasteiger partial charge in [-0.25, -0.2) is 4.39 Å². The number of carbonyl (C=O) groups excluding carboxylic acids is 1. The van der Waals surface area contributed by atoms with Crippen LogP contribution in [-0.2, 0) is 14.3 Å². The Bertz CT molecular complexity index is 570. The number of hydrogen-bond donors (Lipinski definition) is 2. The summed E-state index contributed by atoms with van der Waals surface area (Å²) in [5.74, 6) is -0.570. The van der Waals surface area contributed by atoms with E-state index in [0.29, 0.717) is 18.7 Å². The molecule has 1 aliphatic heterocycles. The van der Waals surface area contributed by atoms with Crippen molar-refractivity contribution in [3.8, 4) is 0 Å². The summed E-state index contributed by atoms with van der Waals surface area (Å²) in [5, 5.41) is 3.13. The van der Waals surface area contributed by atoms with Crippen molar-refractivity contribution in [1.82, 2.24) is 5.32 Å². The minimum Gasteiger partial charge on any atom is -0.368 e. The Hall–Kier alpha value is -1.50. The molecule has 0 unspecified atom stereocenters. The quantitative estimate of drug-likeness (QED) is 0.865. The number of ether oxygens (including phenoxy) is 2. The van der Waals surface area contributed by atoms with Crippen molar-refractivity contribution in [2.24, 2.45) is 11.7 Å². The van der Waals surface area contributed by atoms with Gasteiger partial charge in [-0.3, -0.25) is 10.1 Å². The van der Waals surface area contributed by atoms with E-state index in [1.54, 1.807) is 12.1 Å². The van der Waals surface area contributed by atoms with Gasteiger partial charge in [0.05, 0.1) is 12.7 Å². The SMILES string of the molecule is CC1CCC2(CC1)OC[C@H](CN[C@H](C(N)=O)c1ccc(F)cc1)O2. The molecule has 0 bridgehead atoms. The number of carbonyl (C=O) groups is 1. The van der Waals surface area contributed by atoms with Gasteiger partial charge < -0.3 is 15.2 Å². The molecule has 1 heterocycles. The predicted molar refractivity (Wildman–Crippen MR) is 87.5 cm³/mol. The average Bonchev–Trinajstić information content (AvgIpc) is 2.95. The molecule has 3 rings (SSSR count). The van der Waals surface area contributed by atoms with Crippen LogP contribution >= 0.6 is 0 Å². The summed E-state index contributed by atoms with van der Waals surface area (Å²) in [6.07, 6.45) is 3.95. The van der Waals surface area contributed by atoms with Crippen LogP contribution in [0.15, 0.2) is 24.3 Å². The molecule has 3 N–H and O–H groups in total. The van der Waals surface area contributed by atoms with Crippen LogP contribution in [0.1, 0.15) is 44.2 Å². The molecule has 1 saturated carbocycles. The predicted octanol–water partition coefficient (Wildman–Crippen LogP) is 2.26. The van der Waals surface area contributed by atoms with Gasteiger partial charge in [-0.2, -0.15) is 0 Å². The van der Waals surface area contributed by atoms with Crippen LogP contribution in [0.25, 0.3) is 0 Å². The molecule has 1 aromatic carbocycles. The van der Waals surface area contributed by atoms with E-state index in [1.807, 2.05) is 0 Å². The summed E-state index contributed by atoms with van der Waals surface area (Å²) >= 11 is 0. The Labute approximate surface area is 141 Å². The van der Waals surface area contributed by atoms with Gasteiger partial charge in [0, 0.05) is 19.4 Å². The van der Waals surface area contributed by atoms with Gasteiger partial charge >= 0.3 is 0 Å². The maximum absolute atomic E-state index is 13.0. The van der Waals surface area contributed by atoms with Crippen molar-refractivity contribution in [1.29, 1.82) is 0 Å². The topological polar surface area (TPSA) is 73.6 Å². The van der Waals surface area contributed by atoms with Gasteiger partial charge in [0.2, 0.25) is 5.91 Å². The maximum atomic E-state index is 13.0. The molecule has 1 amide bonds. The van der Waals surface area contributed by atoms with Crippen molar-refractivity contribution in [3.63, 3.8) is 0 Å². The van der Waals surface area contributed by atoms with Gasteiger partial charge in [0.15, 0.2) is 5.79 Å². The summed E-state index contributed by atoms with van der Waals surface area (Å²) in [4.78, 5) is 11.7. The fraction of sp³-hybridized carbons (Fsp3) is 0.611. The molecule has 1 aliphatic carbocycles. The van der Waals surface area contributed by atoms with Crippen molar-refractivity contribution in [2.75, 3.05) is 13.2 Å². The summed E-state index contributed by atoms with van der Waals surface area (Å²) in [6, 6.07) is 5.10. The lowest BCUT2D eigenvalue weighted by Gasteiger charge is -2.34. The van der Waals surface area contributed by atoms with Crippen molar-refractivity contribution >= 4 is 5.91 Å². The molecule has 6 heteroatoms. The van der Waals surface area contributed by atoms with Crippen molar-refractivity contribution in [2.45, 2.75) is 50.5 Å². The van der Waals surface area contributed by atoms with Gasteiger partial charge in [-0.15, -0.1) is 0 Å². The van der Waals surface area contributed by atoms with Gasteiger partial charge in [0.25, 0.3) is 0 Å². The molecule has 0 radical (unpaired) electrons. The van der Waals surface area contributed by atoms with Crippen LogP contribution in [0.5, 0.6) is 0 Å². The highest BCUT2D eigenvalue weighted by Crippen LogP contribution is 2.39. The number of halogens is 1. The standard InChI is InChI=1S/C18H25FN2O3/c1-12-6-8-18(9-7-12)23-11-15(24-18)10-21-16(17(20)22)13-2-4-14(19)5-3-13/h2-5,12,15-16,21H,6-11H2,1H3,(H2,20,22)/t12?,15-,16-,18?/m0/s1. The molecular formula is C18H25FN2O3. The molecule has 2 atom stereocenters. The Balaban J connectivity index is 1.56. The third kappa shape index (κ3) is 3.94. The Kier molecular flexibility index (Phi) is 5.18. The molecule has 132 valence electrons. The molecule has 5 nitrogen and oxygen atoms in total. The molecule has 1 saturated heterocycles. The molecule has 2 aliphatic rings. The van der Waals surface area contributed by atoms with E-state index in [-0.39, 0.29) is 11.9 Å². The van der Waals surface area contributed by atoms with E-state index in [0.717, 1.165) is 31.6 Å². The number of nitrogens with two attached hydrogens (primary N) is 1. The highest BCUT2D eigenvalue weighted by atomic mass is 19.1. The third-order valence-electron chi connectivity index (χ3n) is 4.99. The largest absolute Gasteiger partial charge is 0.368 e. The lowest BCUT2D eigenvalue weighted by Crippen LogP contribution is -2.40. The Morgan fingerprint density at radius 2 is 2.04 bits per heavy atom. The van der Waals surface area contributed by atoms with Crippen LogP contribution in [0.3, 0.4) is 0 Å². The molecule has 1 aromatic rings. The number of primary amides is 1. The van der Waals surface area contributed by atoms with Crippen LogP contribution in [0, 0.1) is 11.7 Å². The number of rotatable bonds is 5. The van der Waals surface area contributed by atoms with Gasteiger partial charge in [-0.05, 0) is 36.5 Å². The second-order valence-electron chi connectivity index (χ2n) is 6.94. The number of hydrogen-bond acceptors (Lipinski definition) is 4. The van der Waals surface area contributed by atoms with E-state index in [1.165, 1.54) is 12.1 Å². The summed E-state index contributed by atoms with van der Waals surface area (Å²) in [6.45, 7) is 3.22. The second kappa shape index (κ2) is 7.17. The normalized spacial score (nSPS) is 31.2. The highest BCUT2D eigenvalue weighted by molar-refractivity contribution is 5.81. The Morgan fingerprint density at radius 1 is 1.38 bits per heavy atom. The van der Waals surface area contributed by atoms with Gasteiger partial charge in [0.1, 0.15) is 11.9 Å². The lowest BCUT2D eigenvalue weighted by atomic mass is 9.86. The molecule has 24 heavy (non-hydrogen) atoms. The first-order valence-corrected chi connectivity index (χ1v) is 8.57. The summed E-state index contributed by atoms with van der Waals surface area (Å²) in [5.41, 5.74) is 6.12. The molecule has 2 fully saturated rings. The maximum Gasteiger partial charge on any atom is 0.239 e. The molecular weight excluding hydrogens is 311 g/mol. The van der Waals surface area contributed by atoms with Crippen molar-refractivity contribution < 1.29 is 18.7 Å². The minimum absolute atomic E-state index is 0.110. The van der Waals surface area contributed by atoms with Crippen LogP contribution in [-0.4, -0.2) is 30.9 Å². The first kappa shape index (κ1) is 17.3. The third-order valence-corrected chi connectivity index (χ3v) is 4.99. The number of benzene rings is 1. The minimum atomic E-state index is -0.669. The first-order chi connectivity index (χ1) is 11.5. The fourth-order valence-corrected chi connectivity index (χ4v) is 3.47. The van der Waals surface area contributed by atoms with E-state index in [9.17, 15) is 9.18 Å². The first-order valence-electron chi connectivity index (χ1n) is 8.57. The summed E-state index contributed by atoms with van der Waals surface area (Å²) < 4.78 is 25.1. The monoisotopic (exact) mass is 336 g/mol. The van der Waals surface area contributed by atoms with Crippen molar-refractivity contribution in [3.05, 3.63) is 35.6 Å². The molecule has 0 aromatic heterocycles. The smallest absolute Gasteiger partial charge is 0.239 e. The lowest BCUT2D eigenvalue weighted by molar-refractivity contribution is -0.191. The van der Waals surface area contributed by atoms with E-state index < -0.39 is 17.7 Å². The van der Waals surface area contributed by atoms with Crippen LogP contribution in [0.2, 0.25) is 0 Å². The van der Waals surface area contributed by atoms with Gasteiger partial charge in [-0.1, -0.05) is 19.1 Å². The van der Waals surface area contributed by atoms with Crippen LogP contribution in [0.4, 0.5) is 4.39 Å². The van der Waals surface area contributed by atoms with E-state index in [2.05, 4.69) is 12.2 Å². The highest BCUT2D eigenvalue weighted by Gasteiger charge is 2.43. The van der Waals surface area contributed by atoms with E-state index >= 15 is 0 Å². The average molecular weight is 336 g/mol. The zero-order valence-corrected chi connectivity index (χ0v) is 14.0. The zero-order valence-electron chi connectivity index (χ0n) is 14.0. The number of nitrogens with one attached hydrogen (secondary N) is 1. The van der Waals surface area contributed by atoms with Crippen LogP contribution < -0.4 is 11.1 Å².